The van der Waals surface area contributed by atoms with Crippen LogP contribution in [-0.4, -0.2) is 37.2 Å². The van der Waals surface area contributed by atoms with Crippen LogP contribution < -0.4 is 0 Å². The van der Waals surface area contributed by atoms with Crippen molar-refractivity contribution in [2.75, 3.05) is 13.2 Å². The van der Waals surface area contributed by atoms with E-state index in [4.69, 9.17) is 14.2 Å². The van der Waals surface area contributed by atoms with Crippen LogP contribution in [0.4, 0.5) is 0 Å². The summed E-state index contributed by atoms with van der Waals surface area (Å²) in [5, 5.41) is 0. The molecule has 0 aliphatic heterocycles. The maximum absolute atomic E-state index is 12.8. The molecule has 6 heteroatoms. The predicted octanol–water partition coefficient (Wildman–Crippen LogP) is 19.1. The van der Waals surface area contributed by atoms with E-state index in [1.807, 2.05) is 0 Å². The standard InChI is InChI=1S/C63H104O6/c1-4-7-10-13-16-19-22-25-28-29-30-31-32-33-36-38-41-44-47-50-53-56-62(65)68-59-60(69-63(66)57-54-51-48-45-42-39-35-27-24-21-18-15-12-9-6-3)58-67-61(64)55-52-49-46-43-40-37-34-26-23-20-17-14-11-8-5-2/h7,9-10,12,16,18-19,21,25-28,30-31,33-36,60H,4-6,8,11,13-15,17,20,22-24,29,32,37-59H2,1-3H3/b10-7-,12-9-,19-16-,21-18-,28-25-,31-30-,34-26-,35-27-,36-33-. The summed E-state index contributed by atoms with van der Waals surface area (Å²) in [6.07, 6.45) is 76.4. The molecule has 0 amide bonds. The Morgan fingerprint density at radius 2 is 0.565 bits per heavy atom. The van der Waals surface area contributed by atoms with Gasteiger partial charge in [0.25, 0.3) is 0 Å². The number of hydrogen-bond donors (Lipinski definition) is 0. The normalized spacial score (nSPS) is 12.9. The molecule has 0 saturated carbocycles. The van der Waals surface area contributed by atoms with Gasteiger partial charge in [0.2, 0.25) is 0 Å². The third kappa shape index (κ3) is 54.9. The van der Waals surface area contributed by atoms with Gasteiger partial charge in [0.05, 0.1) is 0 Å². The number of allylic oxidation sites excluding steroid dienone is 18. The second kappa shape index (κ2) is 56.7. The average molecular weight is 958 g/mol. The van der Waals surface area contributed by atoms with Gasteiger partial charge in [0.15, 0.2) is 6.10 Å². The van der Waals surface area contributed by atoms with E-state index in [0.29, 0.717) is 19.3 Å². The van der Waals surface area contributed by atoms with E-state index >= 15 is 0 Å². The summed E-state index contributed by atoms with van der Waals surface area (Å²) in [6, 6.07) is 0. The van der Waals surface area contributed by atoms with Crippen molar-refractivity contribution in [2.45, 2.75) is 258 Å². The Morgan fingerprint density at radius 1 is 0.304 bits per heavy atom. The number of hydrogen-bond acceptors (Lipinski definition) is 6. The zero-order chi connectivity index (χ0) is 50.0. The lowest BCUT2D eigenvalue weighted by molar-refractivity contribution is -0.167. The molecule has 0 N–H and O–H groups in total. The van der Waals surface area contributed by atoms with Crippen molar-refractivity contribution in [1.82, 2.24) is 0 Å². The highest BCUT2D eigenvalue weighted by Crippen LogP contribution is 2.14. The van der Waals surface area contributed by atoms with Crippen molar-refractivity contribution in [3.8, 4) is 0 Å². The Bertz CT molecular complexity index is 1420. The van der Waals surface area contributed by atoms with Crippen molar-refractivity contribution in [2.24, 2.45) is 0 Å². The molecular formula is C63H104O6. The number of esters is 3. The van der Waals surface area contributed by atoms with E-state index in [1.54, 1.807) is 0 Å². The molecule has 1 unspecified atom stereocenters. The van der Waals surface area contributed by atoms with Crippen LogP contribution in [0, 0.1) is 0 Å². The molecule has 1 atom stereocenters. The predicted molar refractivity (Wildman–Crippen MR) is 297 cm³/mol. The zero-order valence-electron chi connectivity index (χ0n) is 44.8. The molecule has 0 aromatic heterocycles. The summed E-state index contributed by atoms with van der Waals surface area (Å²) in [5.74, 6) is -0.941. The Balaban J connectivity index is 4.46. The van der Waals surface area contributed by atoms with Gasteiger partial charge in [-0.15, -0.1) is 0 Å². The third-order valence-electron chi connectivity index (χ3n) is 11.7. The number of carbonyl (C=O) groups is 3. The highest BCUT2D eigenvalue weighted by Gasteiger charge is 2.19. The van der Waals surface area contributed by atoms with Gasteiger partial charge in [-0.2, -0.15) is 0 Å². The Kier molecular flexibility index (Phi) is 53.4. The summed E-state index contributed by atoms with van der Waals surface area (Å²) in [7, 11) is 0. The molecule has 0 fully saturated rings. The van der Waals surface area contributed by atoms with E-state index in [9.17, 15) is 14.4 Å². The van der Waals surface area contributed by atoms with Gasteiger partial charge >= 0.3 is 17.9 Å². The van der Waals surface area contributed by atoms with Crippen LogP contribution in [0.15, 0.2) is 109 Å². The molecule has 69 heavy (non-hydrogen) atoms. The van der Waals surface area contributed by atoms with E-state index in [-0.39, 0.29) is 31.1 Å². The van der Waals surface area contributed by atoms with Crippen LogP contribution in [0.5, 0.6) is 0 Å². The van der Waals surface area contributed by atoms with Crippen LogP contribution >= 0.6 is 0 Å². The Hall–Kier alpha value is -3.93. The van der Waals surface area contributed by atoms with E-state index in [0.717, 1.165) is 154 Å². The summed E-state index contributed by atoms with van der Waals surface area (Å²) in [6.45, 7) is 6.37. The van der Waals surface area contributed by atoms with Crippen LogP contribution in [0.3, 0.4) is 0 Å². The molecule has 0 aromatic carbocycles. The van der Waals surface area contributed by atoms with Gasteiger partial charge in [-0.25, -0.2) is 0 Å². The molecule has 0 radical (unpaired) electrons. The summed E-state index contributed by atoms with van der Waals surface area (Å²) in [4.78, 5) is 38.1. The average Bonchev–Trinajstić information content (AvgIpc) is 3.35. The molecule has 0 saturated heterocycles. The highest BCUT2D eigenvalue weighted by atomic mass is 16.6. The largest absolute Gasteiger partial charge is 0.462 e. The zero-order valence-corrected chi connectivity index (χ0v) is 44.8. The van der Waals surface area contributed by atoms with Crippen molar-refractivity contribution in [1.29, 1.82) is 0 Å². The van der Waals surface area contributed by atoms with E-state index < -0.39 is 6.10 Å². The van der Waals surface area contributed by atoms with Crippen molar-refractivity contribution >= 4 is 17.9 Å². The lowest BCUT2D eigenvalue weighted by Gasteiger charge is -2.18. The first-order valence-electron chi connectivity index (χ1n) is 28.4. The second-order valence-corrected chi connectivity index (χ2v) is 18.4. The molecule has 0 rings (SSSR count). The molecule has 0 aliphatic rings. The van der Waals surface area contributed by atoms with Gasteiger partial charge in [-0.05, 0) is 122 Å². The lowest BCUT2D eigenvalue weighted by atomic mass is 10.1. The number of rotatable bonds is 50. The molecule has 392 valence electrons. The molecule has 0 spiro atoms. The number of carbonyl (C=O) groups excluding carboxylic acids is 3. The first-order valence-corrected chi connectivity index (χ1v) is 28.4. The fraction of sp³-hybridized carbons (Fsp3) is 0.667. The fourth-order valence-corrected chi connectivity index (χ4v) is 7.54. The molecule has 0 aliphatic carbocycles. The van der Waals surface area contributed by atoms with Gasteiger partial charge in [-0.1, -0.05) is 220 Å². The van der Waals surface area contributed by atoms with E-state index in [1.165, 1.54) is 57.8 Å². The van der Waals surface area contributed by atoms with Crippen LogP contribution in [0.25, 0.3) is 0 Å². The monoisotopic (exact) mass is 957 g/mol. The van der Waals surface area contributed by atoms with Crippen LogP contribution in [-0.2, 0) is 28.6 Å². The first kappa shape index (κ1) is 65.1. The smallest absolute Gasteiger partial charge is 0.306 e. The van der Waals surface area contributed by atoms with Crippen molar-refractivity contribution < 1.29 is 28.6 Å². The quantitative estimate of drug-likeness (QED) is 0.0262. The summed E-state index contributed by atoms with van der Waals surface area (Å²) < 4.78 is 16.8. The van der Waals surface area contributed by atoms with Crippen molar-refractivity contribution in [3.63, 3.8) is 0 Å². The van der Waals surface area contributed by atoms with Gasteiger partial charge in [0, 0.05) is 19.3 Å². The van der Waals surface area contributed by atoms with Gasteiger partial charge < -0.3 is 14.2 Å². The van der Waals surface area contributed by atoms with Gasteiger partial charge in [-0.3, -0.25) is 14.4 Å². The van der Waals surface area contributed by atoms with Crippen LogP contribution in [0.1, 0.15) is 252 Å². The Morgan fingerprint density at radius 3 is 0.899 bits per heavy atom. The minimum absolute atomic E-state index is 0.0972. The highest BCUT2D eigenvalue weighted by molar-refractivity contribution is 5.71. The molecule has 0 aromatic rings. The second-order valence-electron chi connectivity index (χ2n) is 18.4. The van der Waals surface area contributed by atoms with Crippen molar-refractivity contribution in [3.05, 3.63) is 109 Å². The minimum Gasteiger partial charge on any atom is -0.462 e. The lowest BCUT2D eigenvalue weighted by Crippen LogP contribution is -2.30. The maximum Gasteiger partial charge on any atom is 0.306 e. The first-order chi connectivity index (χ1) is 34.0. The van der Waals surface area contributed by atoms with E-state index in [2.05, 4.69) is 130 Å². The molecular weight excluding hydrogens is 853 g/mol. The number of ether oxygens (including phenoxy) is 3. The third-order valence-corrected chi connectivity index (χ3v) is 11.7. The Labute approximate surface area is 425 Å². The fourth-order valence-electron chi connectivity index (χ4n) is 7.54. The molecule has 0 bridgehead atoms. The molecule has 6 nitrogen and oxygen atoms in total. The SMILES string of the molecule is CC/C=C\C/C=C\C/C=C\C/C=C\C/C=C\CCCCCCCC(=O)OCC(COC(=O)CCCCCCC/C=C\CCCCCCCC)OC(=O)CCCCCCC/C=C\C/C=C\C/C=C\CC. The maximum atomic E-state index is 12.8. The minimum atomic E-state index is -0.801. The number of unbranched alkanes of at least 4 members (excludes halogenated alkanes) is 21. The summed E-state index contributed by atoms with van der Waals surface area (Å²) in [5.41, 5.74) is 0. The van der Waals surface area contributed by atoms with Crippen LogP contribution in [0.2, 0.25) is 0 Å². The topological polar surface area (TPSA) is 78.9 Å². The molecule has 0 heterocycles. The van der Waals surface area contributed by atoms with Gasteiger partial charge in [0.1, 0.15) is 13.2 Å². The summed E-state index contributed by atoms with van der Waals surface area (Å²) >= 11 is 0.